The molecule has 1 aromatic rings. The van der Waals surface area contributed by atoms with Crippen LogP contribution in [-0.2, 0) is 0 Å². The fourth-order valence-electron chi connectivity index (χ4n) is 0.627. The molecule has 0 aliphatic heterocycles. The number of ether oxygens (including phenoxy) is 1. The highest BCUT2D eigenvalue weighted by Gasteiger charge is 2.07. The lowest BCUT2D eigenvalue weighted by molar-refractivity contribution is 0.407. The second kappa shape index (κ2) is 3.74. The van der Waals surface area contributed by atoms with Gasteiger partial charge < -0.3 is 4.74 Å². The van der Waals surface area contributed by atoms with E-state index in [1.165, 1.54) is 0 Å². The molecule has 0 fully saturated rings. The molecule has 60 valence electrons. The summed E-state index contributed by atoms with van der Waals surface area (Å²) in [6.45, 7) is 0. The summed E-state index contributed by atoms with van der Waals surface area (Å²) >= 11 is 12.1. The first-order valence-corrected chi connectivity index (χ1v) is 4.67. The van der Waals surface area contributed by atoms with Gasteiger partial charge in [-0.15, -0.1) is 0 Å². The predicted octanol–water partition coefficient (Wildman–Crippen LogP) is 3.27. The highest BCUT2D eigenvalue weighted by atomic mass is 79.9. The first kappa shape index (κ1) is 9.29. The lowest BCUT2D eigenvalue weighted by atomic mass is 10.5. The summed E-state index contributed by atoms with van der Waals surface area (Å²) in [6.07, 6.45) is 0. The highest BCUT2D eigenvalue weighted by Crippen LogP contribution is 2.33. The van der Waals surface area contributed by atoms with E-state index < -0.39 is 0 Å². The molecule has 2 nitrogen and oxygen atoms in total. The van der Waals surface area contributed by atoms with Crippen molar-refractivity contribution in [3.05, 3.63) is 20.3 Å². The SMILES string of the molecule is COc1c(Br)cc(Cl)nc1Br. The summed E-state index contributed by atoms with van der Waals surface area (Å²) in [7, 11) is 1.57. The van der Waals surface area contributed by atoms with Gasteiger partial charge in [-0.1, -0.05) is 11.6 Å². The Morgan fingerprint density at radius 1 is 1.55 bits per heavy atom. The molecule has 0 aromatic carbocycles. The summed E-state index contributed by atoms with van der Waals surface area (Å²) in [5.41, 5.74) is 0. The smallest absolute Gasteiger partial charge is 0.165 e. The molecule has 0 spiro atoms. The van der Waals surface area contributed by atoms with Crippen LogP contribution in [0.4, 0.5) is 0 Å². The Morgan fingerprint density at radius 2 is 2.18 bits per heavy atom. The van der Waals surface area contributed by atoms with E-state index in [4.69, 9.17) is 16.3 Å². The van der Waals surface area contributed by atoms with Crippen molar-refractivity contribution in [3.63, 3.8) is 0 Å². The second-order valence-corrected chi connectivity index (χ2v) is 3.74. The van der Waals surface area contributed by atoms with Crippen LogP contribution in [0.25, 0.3) is 0 Å². The average molecular weight is 301 g/mol. The monoisotopic (exact) mass is 299 g/mol. The molecular formula is C6H4Br2ClNO. The van der Waals surface area contributed by atoms with E-state index in [-0.39, 0.29) is 0 Å². The maximum atomic E-state index is 5.65. The van der Waals surface area contributed by atoms with E-state index in [0.29, 0.717) is 15.5 Å². The number of hydrogen-bond acceptors (Lipinski definition) is 2. The molecule has 0 aliphatic carbocycles. The van der Waals surface area contributed by atoms with Crippen molar-refractivity contribution in [2.75, 3.05) is 7.11 Å². The van der Waals surface area contributed by atoms with Crippen LogP contribution in [-0.4, -0.2) is 12.1 Å². The summed E-state index contributed by atoms with van der Waals surface area (Å²) in [6, 6.07) is 1.67. The number of rotatable bonds is 1. The summed E-state index contributed by atoms with van der Waals surface area (Å²) in [5, 5.41) is 0.421. The Balaban J connectivity index is 3.25. The van der Waals surface area contributed by atoms with Gasteiger partial charge >= 0.3 is 0 Å². The van der Waals surface area contributed by atoms with Crippen LogP contribution in [0.5, 0.6) is 5.75 Å². The number of aromatic nitrogens is 1. The van der Waals surface area contributed by atoms with Crippen molar-refractivity contribution in [2.24, 2.45) is 0 Å². The van der Waals surface area contributed by atoms with Crippen molar-refractivity contribution < 1.29 is 4.74 Å². The van der Waals surface area contributed by atoms with Gasteiger partial charge in [0.15, 0.2) is 10.4 Å². The van der Waals surface area contributed by atoms with Crippen molar-refractivity contribution in [1.82, 2.24) is 4.98 Å². The van der Waals surface area contributed by atoms with E-state index in [1.54, 1.807) is 13.2 Å². The van der Waals surface area contributed by atoms with Crippen molar-refractivity contribution in [2.45, 2.75) is 0 Å². The molecule has 0 radical (unpaired) electrons. The lowest BCUT2D eigenvalue weighted by Gasteiger charge is -2.04. The largest absolute Gasteiger partial charge is 0.493 e. The molecule has 1 aromatic heterocycles. The fourth-order valence-corrected chi connectivity index (χ4v) is 2.45. The van der Waals surface area contributed by atoms with Crippen molar-refractivity contribution in [1.29, 1.82) is 0 Å². The molecule has 0 bridgehead atoms. The average Bonchev–Trinajstić information content (AvgIpc) is 1.85. The van der Waals surface area contributed by atoms with Gasteiger partial charge in [-0.25, -0.2) is 4.98 Å². The van der Waals surface area contributed by atoms with Gasteiger partial charge in [0, 0.05) is 0 Å². The van der Waals surface area contributed by atoms with E-state index in [1.807, 2.05) is 0 Å². The van der Waals surface area contributed by atoms with Crippen LogP contribution in [0.3, 0.4) is 0 Å². The molecule has 1 rings (SSSR count). The Hall–Kier alpha value is 0.200. The van der Waals surface area contributed by atoms with Crippen LogP contribution in [0.1, 0.15) is 0 Å². The second-order valence-electron chi connectivity index (χ2n) is 1.75. The minimum absolute atomic E-state index is 0.421. The number of halogens is 3. The summed E-state index contributed by atoms with van der Waals surface area (Å²) in [4.78, 5) is 3.93. The van der Waals surface area contributed by atoms with Gasteiger partial charge in [0.2, 0.25) is 0 Å². The Bertz CT molecular complexity index is 256. The van der Waals surface area contributed by atoms with Crippen molar-refractivity contribution >= 4 is 43.5 Å². The highest BCUT2D eigenvalue weighted by molar-refractivity contribution is 9.11. The zero-order chi connectivity index (χ0) is 8.43. The Morgan fingerprint density at radius 3 is 2.64 bits per heavy atom. The summed E-state index contributed by atoms with van der Waals surface area (Å²) < 4.78 is 6.40. The molecule has 0 saturated carbocycles. The summed E-state index contributed by atoms with van der Waals surface area (Å²) in [5.74, 6) is 0.648. The maximum absolute atomic E-state index is 5.65. The zero-order valence-corrected chi connectivity index (χ0v) is 9.49. The lowest BCUT2D eigenvalue weighted by Crippen LogP contribution is -1.88. The van der Waals surface area contributed by atoms with Gasteiger partial charge in [-0.3, -0.25) is 0 Å². The van der Waals surface area contributed by atoms with E-state index in [2.05, 4.69) is 36.8 Å². The number of nitrogens with zero attached hydrogens (tertiary/aromatic N) is 1. The molecule has 5 heteroatoms. The van der Waals surface area contributed by atoms with Crippen LogP contribution in [0.15, 0.2) is 15.1 Å². The number of pyridine rings is 1. The van der Waals surface area contributed by atoms with Gasteiger partial charge in [0.05, 0.1) is 11.6 Å². The Kier molecular flexibility index (Phi) is 3.16. The van der Waals surface area contributed by atoms with Crippen LogP contribution in [0.2, 0.25) is 5.15 Å². The molecule has 0 amide bonds. The molecule has 0 N–H and O–H groups in total. The van der Waals surface area contributed by atoms with Crippen LogP contribution < -0.4 is 4.74 Å². The van der Waals surface area contributed by atoms with Gasteiger partial charge in [0.25, 0.3) is 0 Å². The molecule has 0 aliphatic rings. The van der Waals surface area contributed by atoms with Gasteiger partial charge in [-0.2, -0.15) is 0 Å². The third-order valence-electron chi connectivity index (χ3n) is 1.06. The first-order valence-electron chi connectivity index (χ1n) is 2.70. The van der Waals surface area contributed by atoms with Crippen LogP contribution in [0, 0.1) is 0 Å². The van der Waals surface area contributed by atoms with E-state index in [9.17, 15) is 0 Å². The molecule has 0 unspecified atom stereocenters. The van der Waals surface area contributed by atoms with E-state index in [0.717, 1.165) is 4.47 Å². The fraction of sp³-hybridized carbons (Fsp3) is 0.167. The number of methoxy groups -OCH3 is 1. The molecule has 0 atom stereocenters. The number of hydrogen-bond donors (Lipinski definition) is 0. The standard InChI is InChI=1S/C6H4Br2ClNO/c1-11-5-3(7)2-4(9)10-6(5)8/h2H,1H3. The normalized spacial score (nSPS) is 9.82. The van der Waals surface area contributed by atoms with Gasteiger partial charge in [-0.05, 0) is 37.9 Å². The quantitative estimate of drug-likeness (QED) is 0.743. The third kappa shape index (κ3) is 2.07. The molecular weight excluding hydrogens is 297 g/mol. The van der Waals surface area contributed by atoms with E-state index >= 15 is 0 Å². The minimum Gasteiger partial charge on any atom is -0.493 e. The predicted molar refractivity (Wildman–Crippen MR) is 51.2 cm³/mol. The van der Waals surface area contributed by atoms with Gasteiger partial charge in [0.1, 0.15) is 5.15 Å². The maximum Gasteiger partial charge on any atom is 0.165 e. The molecule has 0 saturated heterocycles. The van der Waals surface area contributed by atoms with Crippen LogP contribution >= 0.6 is 43.5 Å². The van der Waals surface area contributed by atoms with Crippen molar-refractivity contribution in [3.8, 4) is 5.75 Å². The minimum atomic E-state index is 0.421. The topological polar surface area (TPSA) is 22.1 Å². The third-order valence-corrected chi connectivity index (χ3v) is 2.38. The first-order chi connectivity index (χ1) is 5.15. The molecule has 1 heterocycles. The Labute approximate surface area is 86.2 Å². The zero-order valence-electron chi connectivity index (χ0n) is 5.57. The molecule has 11 heavy (non-hydrogen) atoms.